The third-order valence-corrected chi connectivity index (χ3v) is 5.50. The summed E-state index contributed by atoms with van der Waals surface area (Å²) in [6.45, 7) is 8.67. The van der Waals surface area contributed by atoms with Crippen molar-refractivity contribution in [3.63, 3.8) is 0 Å². The molecule has 154 valence electrons. The molecule has 29 heavy (non-hydrogen) atoms. The summed E-state index contributed by atoms with van der Waals surface area (Å²) in [4.78, 5) is 27.3. The monoisotopic (exact) mass is 394 g/mol. The van der Waals surface area contributed by atoms with Crippen LogP contribution in [0.1, 0.15) is 51.8 Å². The van der Waals surface area contributed by atoms with Crippen molar-refractivity contribution < 1.29 is 9.59 Å². The summed E-state index contributed by atoms with van der Waals surface area (Å²) in [7, 11) is 1.81. The van der Waals surface area contributed by atoms with Crippen LogP contribution >= 0.6 is 0 Å². The standard InChI is InChI=1S/C23H30N4O2/c1-22(2,3)18-16-19(26(5)25-18)24-21(29)23(4)14-15-27(23)20(28)13-9-12-17-10-7-6-8-11-17/h6-12,16H,13-15H2,1-5H3,(H,24,29)/b12-9+. The number of carbonyl (C=O) groups excluding carboxylic acids is 2. The first-order valence-electron chi connectivity index (χ1n) is 9.99. The maximum Gasteiger partial charge on any atom is 0.251 e. The zero-order valence-electron chi connectivity index (χ0n) is 17.9. The van der Waals surface area contributed by atoms with E-state index in [0.717, 1.165) is 11.3 Å². The molecule has 1 fully saturated rings. The van der Waals surface area contributed by atoms with E-state index in [4.69, 9.17) is 0 Å². The number of anilines is 1. The van der Waals surface area contributed by atoms with E-state index in [1.165, 1.54) is 0 Å². The largest absolute Gasteiger partial charge is 0.328 e. The number of amides is 2. The molecule has 2 heterocycles. The molecule has 2 aromatic rings. The number of rotatable bonds is 5. The fourth-order valence-corrected chi connectivity index (χ4v) is 3.37. The second-order valence-corrected chi connectivity index (χ2v) is 8.83. The Morgan fingerprint density at radius 1 is 1.24 bits per heavy atom. The highest BCUT2D eigenvalue weighted by Gasteiger charge is 2.49. The number of hydrogen-bond donors (Lipinski definition) is 1. The van der Waals surface area contributed by atoms with E-state index in [0.29, 0.717) is 18.8 Å². The molecule has 2 amide bonds. The summed E-state index contributed by atoms with van der Waals surface area (Å²) in [6, 6.07) is 11.8. The lowest BCUT2D eigenvalue weighted by atomic mass is 9.85. The van der Waals surface area contributed by atoms with Gasteiger partial charge in [-0.2, -0.15) is 5.10 Å². The van der Waals surface area contributed by atoms with Crippen LogP contribution in [0.15, 0.2) is 42.5 Å². The highest BCUT2D eigenvalue weighted by Crippen LogP contribution is 2.33. The van der Waals surface area contributed by atoms with Crippen molar-refractivity contribution in [3.8, 4) is 0 Å². The third kappa shape index (κ3) is 4.42. The van der Waals surface area contributed by atoms with Crippen molar-refractivity contribution >= 4 is 23.7 Å². The maximum absolute atomic E-state index is 13.0. The first-order chi connectivity index (χ1) is 13.6. The first kappa shape index (κ1) is 20.8. The predicted octanol–water partition coefficient (Wildman–Crippen LogP) is 3.75. The third-order valence-electron chi connectivity index (χ3n) is 5.50. The van der Waals surface area contributed by atoms with Crippen LogP contribution in [0, 0.1) is 0 Å². The smallest absolute Gasteiger partial charge is 0.251 e. The number of hydrogen-bond acceptors (Lipinski definition) is 3. The number of aromatic nitrogens is 2. The van der Waals surface area contributed by atoms with Crippen LogP contribution in [-0.2, 0) is 22.1 Å². The molecule has 1 aliphatic heterocycles. The Balaban J connectivity index is 1.64. The van der Waals surface area contributed by atoms with Gasteiger partial charge in [0.25, 0.3) is 5.91 Å². The highest BCUT2D eigenvalue weighted by atomic mass is 16.2. The normalized spacial score (nSPS) is 19.3. The Labute approximate surface area is 172 Å². The Morgan fingerprint density at radius 2 is 1.93 bits per heavy atom. The van der Waals surface area contributed by atoms with E-state index in [-0.39, 0.29) is 23.7 Å². The molecule has 0 saturated carbocycles. The van der Waals surface area contributed by atoms with Crippen molar-refractivity contribution in [2.24, 2.45) is 7.05 Å². The number of nitrogens with one attached hydrogen (secondary N) is 1. The summed E-state index contributed by atoms with van der Waals surface area (Å²) < 4.78 is 1.68. The van der Waals surface area contributed by atoms with E-state index in [2.05, 4.69) is 31.2 Å². The van der Waals surface area contributed by atoms with E-state index < -0.39 is 5.54 Å². The van der Waals surface area contributed by atoms with Gasteiger partial charge in [0.2, 0.25) is 5.91 Å². The van der Waals surface area contributed by atoms with Gasteiger partial charge >= 0.3 is 0 Å². The van der Waals surface area contributed by atoms with Gasteiger partial charge in [-0.05, 0) is 18.9 Å². The number of nitrogens with zero attached hydrogens (tertiary/aromatic N) is 3. The Morgan fingerprint density at radius 3 is 2.48 bits per heavy atom. The summed E-state index contributed by atoms with van der Waals surface area (Å²) >= 11 is 0. The lowest BCUT2D eigenvalue weighted by Crippen LogP contribution is -2.66. The second kappa shape index (κ2) is 7.85. The van der Waals surface area contributed by atoms with Gasteiger partial charge in [-0.1, -0.05) is 63.3 Å². The molecule has 1 N–H and O–H groups in total. The van der Waals surface area contributed by atoms with E-state index in [1.807, 2.05) is 62.5 Å². The molecule has 1 unspecified atom stereocenters. The van der Waals surface area contributed by atoms with Crippen LogP contribution in [0.25, 0.3) is 6.08 Å². The maximum atomic E-state index is 13.0. The van der Waals surface area contributed by atoms with Gasteiger partial charge < -0.3 is 10.2 Å². The minimum atomic E-state index is -0.830. The number of benzene rings is 1. The minimum absolute atomic E-state index is 0.0403. The molecular weight excluding hydrogens is 364 g/mol. The summed E-state index contributed by atoms with van der Waals surface area (Å²) in [5.41, 5.74) is 1.03. The second-order valence-electron chi connectivity index (χ2n) is 8.83. The van der Waals surface area contributed by atoms with Gasteiger partial charge in [-0.3, -0.25) is 14.3 Å². The van der Waals surface area contributed by atoms with Crippen molar-refractivity contribution in [2.75, 3.05) is 11.9 Å². The topological polar surface area (TPSA) is 67.2 Å². The molecule has 6 heteroatoms. The zero-order chi connectivity index (χ0) is 21.2. The molecule has 1 aromatic carbocycles. The average Bonchev–Trinajstić information content (AvgIpc) is 3.02. The Hall–Kier alpha value is -2.89. The summed E-state index contributed by atoms with van der Waals surface area (Å²) in [6.07, 6.45) is 4.71. The molecule has 3 rings (SSSR count). The van der Waals surface area contributed by atoms with Gasteiger partial charge in [0.05, 0.1) is 5.69 Å². The van der Waals surface area contributed by atoms with Gasteiger partial charge in [0, 0.05) is 31.5 Å². The van der Waals surface area contributed by atoms with Gasteiger partial charge in [0.15, 0.2) is 0 Å². The number of carbonyl (C=O) groups is 2. The fourth-order valence-electron chi connectivity index (χ4n) is 3.37. The van der Waals surface area contributed by atoms with Crippen LogP contribution in [0.3, 0.4) is 0 Å². The summed E-state index contributed by atoms with van der Waals surface area (Å²) in [5.74, 6) is 0.429. The van der Waals surface area contributed by atoms with Crippen molar-refractivity contribution in [2.45, 2.75) is 51.5 Å². The van der Waals surface area contributed by atoms with Gasteiger partial charge in [-0.15, -0.1) is 0 Å². The van der Waals surface area contributed by atoms with Crippen molar-refractivity contribution in [1.29, 1.82) is 0 Å². The predicted molar refractivity (Wildman–Crippen MR) is 115 cm³/mol. The van der Waals surface area contributed by atoms with Crippen LogP contribution < -0.4 is 5.32 Å². The van der Waals surface area contributed by atoms with Gasteiger partial charge in [-0.25, -0.2) is 0 Å². The molecule has 1 saturated heterocycles. The van der Waals surface area contributed by atoms with Crippen LogP contribution in [-0.4, -0.2) is 38.6 Å². The molecule has 6 nitrogen and oxygen atoms in total. The number of aryl methyl sites for hydroxylation is 1. The lowest BCUT2D eigenvalue weighted by Gasteiger charge is -2.49. The molecule has 1 aliphatic rings. The van der Waals surface area contributed by atoms with Crippen molar-refractivity contribution in [1.82, 2.24) is 14.7 Å². The molecular formula is C23H30N4O2. The van der Waals surface area contributed by atoms with E-state index in [1.54, 1.807) is 9.58 Å². The zero-order valence-corrected chi connectivity index (χ0v) is 17.9. The molecule has 1 aromatic heterocycles. The quantitative estimate of drug-likeness (QED) is 0.840. The molecule has 1 atom stereocenters. The number of likely N-dealkylation sites (tertiary alicyclic amines) is 1. The highest BCUT2D eigenvalue weighted by molar-refractivity contribution is 6.01. The van der Waals surface area contributed by atoms with Crippen molar-refractivity contribution in [3.05, 3.63) is 53.7 Å². The fraction of sp³-hybridized carbons (Fsp3) is 0.435. The summed E-state index contributed by atoms with van der Waals surface area (Å²) in [5, 5.41) is 7.46. The SMILES string of the molecule is Cn1nc(C(C)(C)C)cc1NC(=O)C1(C)CCN1C(=O)C/C=C/c1ccccc1. The minimum Gasteiger partial charge on any atom is -0.328 e. The first-order valence-corrected chi connectivity index (χ1v) is 9.99. The molecule has 0 bridgehead atoms. The van der Waals surface area contributed by atoms with E-state index in [9.17, 15) is 9.59 Å². The van der Waals surface area contributed by atoms with Crippen LogP contribution in [0.5, 0.6) is 0 Å². The van der Waals surface area contributed by atoms with Gasteiger partial charge in [0.1, 0.15) is 11.4 Å². The Kier molecular flexibility index (Phi) is 5.64. The molecule has 0 radical (unpaired) electrons. The lowest BCUT2D eigenvalue weighted by molar-refractivity contribution is -0.154. The van der Waals surface area contributed by atoms with Crippen LogP contribution in [0.4, 0.5) is 5.82 Å². The average molecular weight is 395 g/mol. The molecule has 0 aliphatic carbocycles. The van der Waals surface area contributed by atoms with E-state index >= 15 is 0 Å². The Bertz CT molecular complexity index is 924. The molecule has 0 spiro atoms. The van der Waals surface area contributed by atoms with Crippen LogP contribution in [0.2, 0.25) is 0 Å².